The Bertz CT molecular complexity index is 812. The molecule has 0 aliphatic heterocycles. The van der Waals surface area contributed by atoms with Crippen molar-refractivity contribution in [2.75, 3.05) is 5.32 Å². The maximum absolute atomic E-state index is 12.3. The van der Waals surface area contributed by atoms with E-state index in [9.17, 15) is 13.2 Å². The molecule has 2 aromatic carbocycles. The van der Waals surface area contributed by atoms with Crippen LogP contribution < -0.4 is 10.0 Å². The topological polar surface area (TPSA) is 75.3 Å². The second-order valence-electron chi connectivity index (χ2n) is 5.39. The summed E-state index contributed by atoms with van der Waals surface area (Å²) < 4.78 is 27.3. The molecule has 2 N–H and O–H groups in total. The van der Waals surface area contributed by atoms with Crippen LogP contribution in [0.1, 0.15) is 23.6 Å². The second kappa shape index (κ2) is 6.93. The molecule has 0 aromatic heterocycles. The van der Waals surface area contributed by atoms with Crippen molar-refractivity contribution in [1.29, 1.82) is 0 Å². The van der Waals surface area contributed by atoms with Crippen LogP contribution in [-0.2, 0) is 21.4 Å². The lowest BCUT2D eigenvalue weighted by molar-refractivity contribution is -0.114. The Morgan fingerprint density at radius 2 is 1.70 bits per heavy atom. The highest BCUT2D eigenvalue weighted by Crippen LogP contribution is 2.16. The molecule has 0 aliphatic carbocycles. The molecule has 2 rings (SSSR count). The van der Waals surface area contributed by atoms with Crippen LogP contribution in [0.5, 0.6) is 0 Å². The molecule has 0 heterocycles. The van der Waals surface area contributed by atoms with Gasteiger partial charge in [-0.15, -0.1) is 0 Å². The van der Waals surface area contributed by atoms with Crippen molar-refractivity contribution < 1.29 is 13.2 Å². The number of carbonyl (C=O) groups is 1. The Morgan fingerprint density at radius 1 is 1.04 bits per heavy atom. The number of nitrogens with one attached hydrogen (secondary N) is 2. The van der Waals surface area contributed by atoms with Crippen molar-refractivity contribution in [3.05, 3.63) is 59.2 Å². The zero-order valence-electron chi connectivity index (χ0n) is 13.4. The highest BCUT2D eigenvalue weighted by Gasteiger charge is 2.14. The number of carbonyl (C=O) groups excluding carboxylic acids is 1. The van der Waals surface area contributed by atoms with E-state index in [2.05, 4.69) is 10.0 Å². The van der Waals surface area contributed by atoms with E-state index in [1.165, 1.54) is 19.1 Å². The molecule has 0 saturated heterocycles. The molecule has 122 valence electrons. The van der Waals surface area contributed by atoms with Crippen molar-refractivity contribution in [2.45, 2.75) is 32.2 Å². The van der Waals surface area contributed by atoms with Crippen molar-refractivity contribution in [1.82, 2.24) is 4.72 Å². The highest BCUT2D eigenvalue weighted by atomic mass is 32.2. The molecular weight excluding hydrogens is 312 g/mol. The zero-order valence-corrected chi connectivity index (χ0v) is 14.2. The van der Waals surface area contributed by atoms with Gasteiger partial charge in [-0.1, -0.05) is 18.2 Å². The number of hydrogen-bond acceptors (Lipinski definition) is 3. The summed E-state index contributed by atoms with van der Waals surface area (Å²) in [5, 5.41) is 2.60. The third-order valence-electron chi connectivity index (χ3n) is 3.65. The second-order valence-corrected chi connectivity index (χ2v) is 7.16. The van der Waals surface area contributed by atoms with Gasteiger partial charge >= 0.3 is 0 Å². The predicted molar refractivity (Wildman–Crippen MR) is 90.7 cm³/mol. The van der Waals surface area contributed by atoms with E-state index in [1.807, 2.05) is 32.0 Å². The minimum absolute atomic E-state index is 0.164. The van der Waals surface area contributed by atoms with E-state index in [0.717, 1.165) is 16.7 Å². The number of sulfonamides is 1. The SMILES string of the molecule is CC(=O)Nc1ccc(S(=O)(=O)NCc2cccc(C)c2C)cc1. The van der Waals surface area contributed by atoms with E-state index in [-0.39, 0.29) is 17.3 Å². The Kier molecular flexibility index (Phi) is 5.18. The van der Waals surface area contributed by atoms with Crippen LogP contribution in [0.15, 0.2) is 47.4 Å². The van der Waals surface area contributed by atoms with Gasteiger partial charge < -0.3 is 5.32 Å². The summed E-state index contributed by atoms with van der Waals surface area (Å²) in [6, 6.07) is 11.9. The third-order valence-corrected chi connectivity index (χ3v) is 5.07. The fourth-order valence-corrected chi connectivity index (χ4v) is 3.19. The Labute approximate surface area is 136 Å². The van der Waals surface area contributed by atoms with Gasteiger partial charge in [0.15, 0.2) is 0 Å². The van der Waals surface area contributed by atoms with Crippen LogP contribution in [0.2, 0.25) is 0 Å². The molecular formula is C17H20N2O3S. The largest absolute Gasteiger partial charge is 0.326 e. The summed E-state index contributed by atoms with van der Waals surface area (Å²) >= 11 is 0. The van der Waals surface area contributed by atoms with Gasteiger partial charge in [-0.05, 0) is 54.8 Å². The van der Waals surface area contributed by atoms with E-state index in [0.29, 0.717) is 5.69 Å². The molecule has 0 unspecified atom stereocenters. The van der Waals surface area contributed by atoms with Crippen LogP contribution >= 0.6 is 0 Å². The van der Waals surface area contributed by atoms with Crippen molar-refractivity contribution in [2.24, 2.45) is 0 Å². The van der Waals surface area contributed by atoms with Gasteiger partial charge in [0.2, 0.25) is 15.9 Å². The normalized spacial score (nSPS) is 11.3. The smallest absolute Gasteiger partial charge is 0.240 e. The summed E-state index contributed by atoms with van der Waals surface area (Å²) in [7, 11) is -3.60. The summed E-state index contributed by atoms with van der Waals surface area (Å²) in [6.07, 6.45) is 0. The Balaban J connectivity index is 2.12. The van der Waals surface area contributed by atoms with Crippen LogP contribution in [0.25, 0.3) is 0 Å². The maximum atomic E-state index is 12.3. The first-order valence-electron chi connectivity index (χ1n) is 7.22. The lowest BCUT2D eigenvalue weighted by Crippen LogP contribution is -2.23. The van der Waals surface area contributed by atoms with Crippen LogP contribution in [-0.4, -0.2) is 14.3 Å². The summed E-state index contributed by atoms with van der Waals surface area (Å²) in [5.74, 6) is -0.200. The van der Waals surface area contributed by atoms with Gasteiger partial charge in [-0.25, -0.2) is 13.1 Å². The number of amides is 1. The van der Waals surface area contributed by atoms with Crippen molar-refractivity contribution >= 4 is 21.6 Å². The quantitative estimate of drug-likeness (QED) is 0.884. The maximum Gasteiger partial charge on any atom is 0.240 e. The molecule has 0 fully saturated rings. The fourth-order valence-electron chi connectivity index (χ4n) is 2.18. The fraction of sp³-hybridized carbons (Fsp3) is 0.235. The Morgan fingerprint density at radius 3 is 2.30 bits per heavy atom. The number of anilines is 1. The molecule has 0 saturated carbocycles. The standard InChI is InChI=1S/C17H20N2O3S/c1-12-5-4-6-15(13(12)2)11-18-23(21,22)17-9-7-16(8-10-17)19-14(3)20/h4-10,18H,11H2,1-3H3,(H,19,20). The first kappa shape index (κ1) is 17.2. The number of hydrogen-bond donors (Lipinski definition) is 2. The monoisotopic (exact) mass is 332 g/mol. The predicted octanol–water partition coefficient (Wildman–Crippen LogP) is 2.74. The van der Waals surface area contributed by atoms with Crippen LogP contribution in [0, 0.1) is 13.8 Å². The zero-order chi connectivity index (χ0) is 17.0. The average molecular weight is 332 g/mol. The lowest BCUT2D eigenvalue weighted by Gasteiger charge is -2.11. The minimum atomic E-state index is -3.60. The van der Waals surface area contributed by atoms with Crippen LogP contribution in [0.4, 0.5) is 5.69 Å². The summed E-state index contributed by atoms with van der Waals surface area (Å²) in [5.41, 5.74) is 3.71. The van der Waals surface area contributed by atoms with Crippen molar-refractivity contribution in [3.63, 3.8) is 0 Å². The molecule has 6 heteroatoms. The molecule has 0 aliphatic rings. The molecule has 2 aromatic rings. The van der Waals surface area contributed by atoms with Gasteiger partial charge in [0.05, 0.1) is 4.90 Å². The third kappa shape index (κ3) is 4.40. The van der Waals surface area contributed by atoms with Crippen LogP contribution in [0.3, 0.4) is 0 Å². The van der Waals surface area contributed by atoms with E-state index >= 15 is 0 Å². The number of rotatable bonds is 5. The first-order chi connectivity index (χ1) is 10.8. The Hall–Kier alpha value is -2.18. The molecule has 5 nitrogen and oxygen atoms in total. The van der Waals surface area contributed by atoms with E-state index < -0.39 is 10.0 Å². The van der Waals surface area contributed by atoms with Crippen molar-refractivity contribution in [3.8, 4) is 0 Å². The molecule has 23 heavy (non-hydrogen) atoms. The highest BCUT2D eigenvalue weighted by molar-refractivity contribution is 7.89. The number of benzene rings is 2. The van der Waals surface area contributed by atoms with Gasteiger partial charge in [-0.2, -0.15) is 0 Å². The van der Waals surface area contributed by atoms with E-state index in [4.69, 9.17) is 0 Å². The van der Waals surface area contributed by atoms with E-state index in [1.54, 1.807) is 12.1 Å². The molecule has 1 amide bonds. The summed E-state index contributed by atoms with van der Waals surface area (Å²) in [4.78, 5) is 11.1. The molecule has 0 radical (unpaired) electrons. The van der Waals surface area contributed by atoms with Gasteiger partial charge in [-0.3, -0.25) is 4.79 Å². The lowest BCUT2D eigenvalue weighted by atomic mass is 10.0. The van der Waals surface area contributed by atoms with Gasteiger partial charge in [0.25, 0.3) is 0 Å². The van der Waals surface area contributed by atoms with Gasteiger partial charge in [0.1, 0.15) is 0 Å². The molecule has 0 spiro atoms. The first-order valence-corrected chi connectivity index (χ1v) is 8.70. The molecule has 0 bridgehead atoms. The minimum Gasteiger partial charge on any atom is -0.326 e. The molecule has 0 atom stereocenters. The number of aryl methyl sites for hydroxylation is 1. The van der Waals surface area contributed by atoms with Gasteiger partial charge in [0, 0.05) is 19.2 Å². The summed E-state index contributed by atoms with van der Waals surface area (Å²) in [6.45, 7) is 5.61. The average Bonchev–Trinajstić information content (AvgIpc) is 2.49.